The zero-order valence-corrected chi connectivity index (χ0v) is 19.6. The van der Waals surface area contributed by atoms with Gasteiger partial charge in [0, 0.05) is 32.6 Å². The lowest BCUT2D eigenvalue weighted by Gasteiger charge is -2.39. The van der Waals surface area contributed by atoms with E-state index in [2.05, 4.69) is 12.1 Å². The van der Waals surface area contributed by atoms with Gasteiger partial charge < -0.3 is 5.73 Å². The number of allylic oxidation sites excluding steroid dienone is 3. The molecule has 1 atom stereocenters. The minimum atomic E-state index is -0.448. The first-order chi connectivity index (χ1) is 14.3. The monoisotopic (exact) mass is 475 g/mol. The van der Waals surface area contributed by atoms with Gasteiger partial charge >= 0.3 is 0 Å². The third-order valence-electron chi connectivity index (χ3n) is 5.36. The molecule has 1 aromatic carbocycles. The smallest absolute Gasteiger partial charge is 0.161 e. The van der Waals surface area contributed by atoms with E-state index in [9.17, 15) is 10.1 Å². The molecule has 1 aliphatic carbocycles. The van der Waals surface area contributed by atoms with Crippen molar-refractivity contribution in [3.63, 3.8) is 0 Å². The molecule has 154 valence electrons. The van der Waals surface area contributed by atoms with E-state index in [-0.39, 0.29) is 5.78 Å². The van der Waals surface area contributed by atoms with Crippen LogP contribution in [0.2, 0.25) is 10.0 Å². The molecular formula is C22H19Cl2N3OS2. The molecule has 0 radical (unpaired) electrons. The highest BCUT2D eigenvalue weighted by Gasteiger charge is 2.41. The third-order valence-corrected chi connectivity index (χ3v) is 8.02. The number of thioether (sulfide) groups is 1. The molecule has 30 heavy (non-hydrogen) atoms. The SMILES string of the molecule is CSc1sc(C)cc1[C@@H]1C(C#N)=C(N)N(c2cc(Cl)cc(Cl)c2)C2=C1C(=O)CCC2. The second-order valence-corrected chi connectivity index (χ2v) is 10.5. The Balaban J connectivity index is 2.00. The number of aryl methyl sites for hydroxylation is 1. The van der Waals surface area contributed by atoms with Crippen molar-refractivity contribution in [2.75, 3.05) is 11.2 Å². The number of hydrogen-bond donors (Lipinski definition) is 1. The number of thiophene rings is 1. The van der Waals surface area contributed by atoms with Crippen molar-refractivity contribution in [2.24, 2.45) is 5.73 Å². The van der Waals surface area contributed by atoms with Crippen LogP contribution in [0.3, 0.4) is 0 Å². The Morgan fingerprint density at radius 3 is 2.57 bits per heavy atom. The van der Waals surface area contributed by atoms with Gasteiger partial charge in [0.05, 0.1) is 27.5 Å². The summed E-state index contributed by atoms with van der Waals surface area (Å²) in [6, 6.07) is 9.52. The highest BCUT2D eigenvalue weighted by atomic mass is 35.5. The number of hydrogen-bond acceptors (Lipinski definition) is 6. The van der Waals surface area contributed by atoms with Crippen molar-refractivity contribution in [1.82, 2.24) is 0 Å². The highest BCUT2D eigenvalue weighted by molar-refractivity contribution is 8.00. The molecule has 2 aromatic rings. The molecule has 0 unspecified atom stereocenters. The van der Waals surface area contributed by atoms with E-state index < -0.39 is 5.92 Å². The first kappa shape index (κ1) is 21.3. The Hall–Kier alpha value is -1.91. The summed E-state index contributed by atoms with van der Waals surface area (Å²) >= 11 is 15.8. The molecule has 4 rings (SSSR count). The topological polar surface area (TPSA) is 70.1 Å². The van der Waals surface area contributed by atoms with E-state index in [1.54, 1.807) is 46.2 Å². The van der Waals surface area contributed by atoms with Gasteiger partial charge in [-0.2, -0.15) is 5.26 Å². The highest BCUT2D eigenvalue weighted by Crippen LogP contribution is 2.49. The van der Waals surface area contributed by atoms with Gasteiger partial charge in [-0.3, -0.25) is 9.69 Å². The van der Waals surface area contributed by atoms with Gasteiger partial charge in [-0.05, 0) is 55.9 Å². The molecule has 0 bridgehead atoms. The zero-order valence-electron chi connectivity index (χ0n) is 16.5. The van der Waals surface area contributed by atoms with Gasteiger partial charge in [-0.1, -0.05) is 23.2 Å². The van der Waals surface area contributed by atoms with Gasteiger partial charge in [0.2, 0.25) is 0 Å². The maximum atomic E-state index is 13.2. The van der Waals surface area contributed by atoms with Crippen molar-refractivity contribution >= 4 is 57.8 Å². The average molecular weight is 476 g/mol. The quantitative estimate of drug-likeness (QED) is 0.520. The van der Waals surface area contributed by atoms with Crippen molar-refractivity contribution in [1.29, 1.82) is 5.26 Å². The van der Waals surface area contributed by atoms with Gasteiger partial charge in [0.25, 0.3) is 0 Å². The van der Waals surface area contributed by atoms with E-state index in [1.165, 1.54) is 0 Å². The number of anilines is 1. The fraction of sp³-hybridized carbons (Fsp3) is 0.273. The second kappa shape index (κ2) is 8.32. The standard InChI is InChI=1S/C22H19Cl2N3OS2/c1-11-6-15(22(29-2)30-11)19-16(10-25)21(26)27(14-8-12(23)7-13(24)9-14)17-4-3-5-18(28)20(17)19/h6-9,19H,3-5,26H2,1-2H3/t19-/m1/s1. The number of rotatable bonds is 3. The predicted octanol–water partition coefficient (Wildman–Crippen LogP) is 6.39. The summed E-state index contributed by atoms with van der Waals surface area (Å²) in [5.41, 5.74) is 10.1. The molecule has 2 aliphatic rings. The lowest BCUT2D eigenvalue weighted by atomic mass is 9.76. The zero-order chi connectivity index (χ0) is 21.6. The number of ketones is 1. The number of Topliss-reactive ketones (excluding diaryl/α,β-unsaturated/α-hetero) is 1. The van der Waals surface area contributed by atoms with Gasteiger partial charge in [0.15, 0.2) is 5.78 Å². The van der Waals surface area contributed by atoms with Crippen LogP contribution >= 0.6 is 46.3 Å². The largest absolute Gasteiger partial charge is 0.384 e. The number of carbonyl (C=O) groups is 1. The summed E-state index contributed by atoms with van der Waals surface area (Å²) in [5.74, 6) is -0.0585. The first-order valence-electron chi connectivity index (χ1n) is 9.42. The maximum Gasteiger partial charge on any atom is 0.161 e. The molecule has 0 saturated heterocycles. The van der Waals surface area contributed by atoms with Gasteiger partial charge in [0.1, 0.15) is 5.82 Å². The van der Waals surface area contributed by atoms with Crippen molar-refractivity contribution in [2.45, 2.75) is 36.3 Å². The Bertz CT molecular complexity index is 1140. The number of nitrogens with zero attached hydrogens (tertiary/aromatic N) is 2. The molecule has 4 nitrogen and oxygen atoms in total. The summed E-state index contributed by atoms with van der Waals surface area (Å²) in [5, 5.41) is 11.0. The van der Waals surface area contributed by atoms with E-state index >= 15 is 0 Å². The first-order valence-corrected chi connectivity index (χ1v) is 12.2. The molecule has 2 N–H and O–H groups in total. The fourth-order valence-electron chi connectivity index (χ4n) is 4.23. The van der Waals surface area contributed by atoms with E-state index in [1.807, 2.05) is 13.2 Å². The van der Waals surface area contributed by atoms with Crippen molar-refractivity contribution in [3.05, 3.63) is 67.4 Å². The van der Waals surface area contributed by atoms with Crippen LogP contribution in [0.15, 0.2) is 51.1 Å². The summed E-state index contributed by atoms with van der Waals surface area (Å²) in [4.78, 5) is 16.1. The molecule has 0 spiro atoms. The Labute approximate surface area is 194 Å². The fourth-order valence-corrected chi connectivity index (χ4v) is 6.66. The summed E-state index contributed by atoms with van der Waals surface area (Å²) in [6.07, 6.45) is 3.91. The predicted molar refractivity (Wildman–Crippen MR) is 125 cm³/mol. The summed E-state index contributed by atoms with van der Waals surface area (Å²) in [6.45, 7) is 2.04. The molecule has 1 aromatic heterocycles. The number of nitrogens with two attached hydrogens (primary N) is 1. The lowest BCUT2D eigenvalue weighted by Crippen LogP contribution is -2.38. The van der Waals surface area contributed by atoms with Crippen LogP contribution in [0.1, 0.15) is 35.6 Å². The van der Waals surface area contributed by atoms with Gasteiger partial charge in [-0.25, -0.2) is 0 Å². The molecule has 8 heteroatoms. The van der Waals surface area contributed by atoms with Crippen LogP contribution in [0, 0.1) is 18.3 Å². The van der Waals surface area contributed by atoms with Crippen LogP contribution in [0.25, 0.3) is 0 Å². The minimum Gasteiger partial charge on any atom is -0.384 e. The van der Waals surface area contributed by atoms with Crippen LogP contribution in [-0.4, -0.2) is 12.0 Å². The normalized spacial score (nSPS) is 19.2. The molecule has 0 saturated carbocycles. The Kier molecular flexibility index (Phi) is 5.91. The number of nitriles is 1. The van der Waals surface area contributed by atoms with Crippen LogP contribution < -0.4 is 10.6 Å². The molecule has 1 aliphatic heterocycles. The Morgan fingerprint density at radius 2 is 1.93 bits per heavy atom. The summed E-state index contributed by atoms with van der Waals surface area (Å²) in [7, 11) is 0. The van der Waals surface area contributed by atoms with E-state index in [0.717, 1.165) is 26.8 Å². The lowest BCUT2D eigenvalue weighted by molar-refractivity contribution is -0.116. The maximum absolute atomic E-state index is 13.2. The molecular weight excluding hydrogens is 457 g/mol. The Morgan fingerprint density at radius 1 is 1.23 bits per heavy atom. The van der Waals surface area contributed by atoms with E-state index in [4.69, 9.17) is 28.9 Å². The number of carbonyl (C=O) groups excluding carboxylic acids is 1. The number of halogens is 2. The summed E-state index contributed by atoms with van der Waals surface area (Å²) < 4.78 is 1.10. The molecule has 2 heterocycles. The van der Waals surface area contributed by atoms with Gasteiger partial charge in [-0.15, -0.1) is 23.1 Å². The van der Waals surface area contributed by atoms with Crippen molar-refractivity contribution < 1.29 is 4.79 Å². The molecule has 0 fully saturated rings. The van der Waals surface area contributed by atoms with Crippen molar-refractivity contribution in [3.8, 4) is 6.07 Å². The minimum absolute atomic E-state index is 0.0653. The van der Waals surface area contributed by atoms with E-state index in [0.29, 0.717) is 45.5 Å². The third kappa shape index (κ3) is 3.54. The molecule has 0 amide bonds. The van der Waals surface area contributed by atoms with Crippen LogP contribution in [0.4, 0.5) is 5.69 Å². The number of benzene rings is 1. The second-order valence-electron chi connectivity index (χ2n) is 7.25. The average Bonchev–Trinajstić information content (AvgIpc) is 3.06. The van der Waals surface area contributed by atoms with Crippen LogP contribution in [0.5, 0.6) is 0 Å². The van der Waals surface area contributed by atoms with Crippen LogP contribution in [-0.2, 0) is 4.79 Å².